The van der Waals surface area contributed by atoms with E-state index in [1.54, 1.807) is 12.1 Å². The molecule has 2 aromatic rings. The van der Waals surface area contributed by atoms with Crippen LogP contribution in [-0.4, -0.2) is 83.4 Å². The molecular formula is C40H49N3O11S2. The van der Waals surface area contributed by atoms with Gasteiger partial charge in [0.25, 0.3) is 10.1 Å². The Morgan fingerprint density at radius 1 is 0.857 bits per heavy atom. The lowest BCUT2D eigenvalue weighted by atomic mass is 9.81. The average molecular weight is 812 g/mol. The highest BCUT2D eigenvalue weighted by Crippen LogP contribution is 2.48. The van der Waals surface area contributed by atoms with Crippen LogP contribution in [0.1, 0.15) is 84.3 Å². The second-order valence-electron chi connectivity index (χ2n) is 14.7. The molecule has 0 bridgehead atoms. The van der Waals surface area contributed by atoms with Crippen molar-refractivity contribution in [3.63, 3.8) is 0 Å². The fraction of sp³-hybridized carbons (Fsp3) is 0.400. The van der Waals surface area contributed by atoms with Gasteiger partial charge in [0.2, 0.25) is 11.6 Å². The Balaban J connectivity index is 1.49. The summed E-state index contributed by atoms with van der Waals surface area (Å²) in [5.74, 6) is -2.94. The van der Waals surface area contributed by atoms with Gasteiger partial charge in [0.15, 0.2) is 5.71 Å². The minimum atomic E-state index is -4.70. The number of hydrogen-bond acceptors (Lipinski definition) is 9. The van der Waals surface area contributed by atoms with Crippen molar-refractivity contribution in [3.8, 4) is 0 Å². The number of allylic oxidation sites excluding steroid dienone is 8. The van der Waals surface area contributed by atoms with E-state index in [1.165, 1.54) is 24.3 Å². The van der Waals surface area contributed by atoms with Crippen molar-refractivity contribution in [2.45, 2.75) is 99.8 Å². The third-order valence-corrected chi connectivity index (χ3v) is 11.8. The Morgan fingerprint density at radius 2 is 1.50 bits per heavy atom. The number of carbonyl (C=O) groups is 3. The number of benzene rings is 2. The van der Waals surface area contributed by atoms with Crippen LogP contribution < -0.4 is 10.2 Å². The highest BCUT2D eigenvalue weighted by Gasteiger charge is 2.44. The van der Waals surface area contributed by atoms with Gasteiger partial charge in [-0.25, -0.2) is 13.2 Å². The smallest absolute Gasteiger partial charge is 0.326 e. The summed E-state index contributed by atoms with van der Waals surface area (Å²) in [7, 11) is -9.05. The highest BCUT2D eigenvalue weighted by molar-refractivity contribution is 7.86. The molecular weight excluding hydrogens is 763 g/mol. The van der Waals surface area contributed by atoms with Crippen LogP contribution in [0.5, 0.6) is 0 Å². The normalized spacial score (nSPS) is 17.6. The predicted molar refractivity (Wildman–Crippen MR) is 210 cm³/mol. The van der Waals surface area contributed by atoms with Gasteiger partial charge < -0.3 is 25.0 Å². The van der Waals surface area contributed by atoms with Crippen LogP contribution in [0.4, 0.5) is 11.4 Å². The maximum absolute atomic E-state index is 12.4. The summed E-state index contributed by atoms with van der Waals surface area (Å²) < 4.78 is 71.0. The van der Waals surface area contributed by atoms with Gasteiger partial charge in [-0.15, -0.1) is 0 Å². The van der Waals surface area contributed by atoms with E-state index >= 15 is 0 Å². The topological polar surface area (TPSA) is 222 Å². The quantitative estimate of drug-likeness (QED) is 0.0628. The van der Waals surface area contributed by atoms with Gasteiger partial charge in [-0.05, 0) is 82.0 Å². The molecule has 2 aliphatic heterocycles. The first-order valence-electron chi connectivity index (χ1n) is 18.2. The van der Waals surface area contributed by atoms with Crippen LogP contribution >= 0.6 is 0 Å². The Morgan fingerprint density at radius 3 is 2.12 bits per heavy atom. The van der Waals surface area contributed by atoms with Gasteiger partial charge in [-0.3, -0.25) is 14.1 Å². The number of fused-ring (bicyclic) bond motifs is 2. The van der Waals surface area contributed by atoms with E-state index in [-0.39, 0.29) is 29.1 Å². The molecule has 56 heavy (non-hydrogen) atoms. The van der Waals surface area contributed by atoms with Crippen molar-refractivity contribution in [2.75, 3.05) is 18.0 Å². The average Bonchev–Trinajstić information content (AvgIpc) is 3.45. The molecule has 1 atom stereocenters. The fourth-order valence-electron chi connectivity index (χ4n) is 7.22. The molecule has 2 heterocycles. The maximum Gasteiger partial charge on any atom is 0.326 e. The van der Waals surface area contributed by atoms with Gasteiger partial charge in [-0.1, -0.05) is 44.2 Å². The van der Waals surface area contributed by atoms with Crippen LogP contribution in [0, 0.1) is 0 Å². The summed E-state index contributed by atoms with van der Waals surface area (Å²) in [6.07, 6.45) is 14.3. The maximum atomic E-state index is 12.4. The van der Waals surface area contributed by atoms with Crippen molar-refractivity contribution in [3.05, 3.63) is 95.8 Å². The molecule has 0 spiro atoms. The van der Waals surface area contributed by atoms with E-state index < -0.39 is 55.0 Å². The molecule has 16 heteroatoms. The number of nitrogens with zero attached hydrogens (tertiary/aromatic N) is 2. The number of anilines is 1. The van der Waals surface area contributed by atoms with Crippen LogP contribution in [0.25, 0.3) is 0 Å². The monoisotopic (exact) mass is 811 g/mol. The zero-order valence-corrected chi connectivity index (χ0v) is 33.7. The molecule has 4 rings (SSSR count). The standard InChI is InChI=1S/C40H49N3O11S2/c1-6-42-32-21-18-27(55(49,50)51)25-29(32)39(2,3)34(42)15-11-8-7-9-12-16-35-40(4,5)30-26-28(56(52,53)54)19-22-33(30)43(35)24-14-10-13-17-36(44)41-31(38(47)48)20-23-37(45)46/h7-9,11-12,15-16,18-19,21-22,25-26,31H,6,10,13-14,17,20,23-24H2,1-5H3,(H4-,41,44,45,46,47,48,49,50,51,52,53,54)/t31-/m1/s1. The number of nitrogens with one attached hydrogen (secondary N) is 1. The molecule has 14 nitrogen and oxygen atoms in total. The number of rotatable bonds is 18. The van der Waals surface area contributed by atoms with Gasteiger partial charge in [0, 0.05) is 60.3 Å². The van der Waals surface area contributed by atoms with Crippen LogP contribution in [0.3, 0.4) is 0 Å². The van der Waals surface area contributed by atoms with Crippen LogP contribution in [0.15, 0.2) is 94.4 Å². The second kappa shape index (κ2) is 17.5. The van der Waals surface area contributed by atoms with E-state index in [0.29, 0.717) is 37.9 Å². The number of likely N-dealkylation sites (N-methyl/N-ethyl adjacent to an activating group) is 1. The summed E-state index contributed by atoms with van der Waals surface area (Å²) in [6, 6.07) is 7.65. The van der Waals surface area contributed by atoms with Crippen molar-refractivity contribution in [1.29, 1.82) is 0 Å². The zero-order chi connectivity index (χ0) is 41.6. The molecule has 2 aliphatic rings. The lowest BCUT2D eigenvalue weighted by Gasteiger charge is -2.25. The van der Waals surface area contributed by atoms with Gasteiger partial charge in [-0.2, -0.15) is 13.0 Å². The summed E-state index contributed by atoms with van der Waals surface area (Å²) in [6.45, 7) is 11.0. The Hall–Kier alpha value is -4.90. The number of unbranched alkanes of at least 4 members (excludes halogenated alkanes) is 2. The van der Waals surface area contributed by atoms with Gasteiger partial charge in [0.05, 0.1) is 15.2 Å². The van der Waals surface area contributed by atoms with Gasteiger partial charge in [0.1, 0.15) is 22.7 Å². The summed E-state index contributed by atoms with van der Waals surface area (Å²) in [5.41, 5.74) is 3.69. The minimum Gasteiger partial charge on any atom is -0.744 e. The Kier molecular flexibility index (Phi) is 13.7. The van der Waals surface area contributed by atoms with E-state index in [2.05, 4.69) is 14.8 Å². The summed E-state index contributed by atoms with van der Waals surface area (Å²) in [4.78, 5) is 36.3. The first-order valence-corrected chi connectivity index (χ1v) is 21.1. The van der Waals surface area contributed by atoms with Crippen molar-refractivity contribution >= 4 is 55.2 Å². The second-order valence-corrected chi connectivity index (χ2v) is 17.5. The van der Waals surface area contributed by atoms with E-state index in [4.69, 9.17) is 5.11 Å². The molecule has 302 valence electrons. The molecule has 0 unspecified atom stereocenters. The van der Waals surface area contributed by atoms with E-state index in [0.717, 1.165) is 28.3 Å². The Bertz CT molecular complexity index is 2250. The lowest BCUT2D eigenvalue weighted by molar-refractivity contribution is -0.438. The summed E-state index contributed by atoms with van der Waals surface area (Å²) >= 11 is 0. The first-order chi connectivity index (χ1) is 26.1. The van der Waals surface area contributed by atoms with Crippen molar-refractivity contribution in [2.24, 2.45) is 0 Å². The third kappa shape index (κ3) is 10.1. The number of aliphatic carboxylic acids is 2. The predicted octanol–water partition coefficient (Wildman–Crippen LogP) is 5.58. The molecule has 0 radical (unpaired) electrons. The van der Waals surface area contributed by atoms with Crippen molar-refractivity contribution < 1.29 is 55.1 Å². The SMILES string of the molecule is CCN1/C(=C/C=C/C=C/C=C/C2=[N+](CCCCCC(=O)N[C@H](CCC(=O)O)C(=O)O)c3ccc(S(=O)(=O)[O-])cc3C2(C)C)C(C)(C)c2cc(S(=O)(=O)O)ccc21. The number of amides is 1. The molecule has 0 aliphatic carbocycles. The van der Waals surface area contributed by atoms with Gasteiger partial charge >= 0.3 is 11.9 Å². The highest BCUT2D eigenvalue weighted by atomic mass is 32.2. The largest absolute Gasteiger partial charge is 0.744 e. The number of hydrogen-bond donors (Lipinski definition) is 4. The molecule has 0 fully saturated rings. The number of carboxylic acids is 2. The van der Waals surface area contributed by atoms with Crippen LogP contribution in [0.2, 0.25) is 0 Å². The zero-order valence-electron chi connectivity index (χ0n) is 32.1. The molecule has 0 saturated heterocycles. The molecule has 4 N–H and O–H groups in total. The first kappa shape index (κ1) is 43.8. The fourth-order valence-corrected chi connectivity index (χ4v) is 8.22. The summed E-state index contributed by atoms with van der Waals surface area (Å²) in [5, 5.41) is 20.5. The Labute approximate surface area is 328 Å². The molecule has 2 aromatic carbocycles. The number of carboxylic acid groups (broad SMARTS) is 2. The van der Waals surface area contributed by atoms with E-state index in [1.807, 2.05) is 77.2 Å². The molecule has 1 amide bonds. The van der Waals surface area contributed by atoms with Crippen LogP contribution in [-0.2, 0) is 45.4 Å². The minimum absolute atomic E-state index is 0.0605. The van der Waals surface area contributed by atoms with E-state index in [9.17, 15) is 45.4 Å². The molecule has 0 saturated carbocycles. The lowest BCUT2D eigenvalue weighted by Crippen LogP contribution is -2.41. The third-order valence-electron chi connectivity index (χ3n) is 10.1. The molecule has 0 aromatic heterocycles. The number of carbonyl (C=O) groups excluding carboxylic acids is 1. The van der Waals surface area contributed by atoms with Crippen molar-refractivity contribution in [1.82, 2.24) is 5.32 Å².